The van der Waals surface area contributed by atoms with Gasteiger partial charge >= 0.3 is 0 Å². The molecule has 1 fully saturated rings. The smallest absolute Gasteiger partial charge is 0.226 e. The minimum Gasteiger partial charge on any atom is -0.493 e. The molecule has 2 aromatic rings. The molecular formula is C23H29N2O3+. The number of hydrogen-bond acceptors (Lipinski definition) is 3. The number of carbonyl (C=O) groups excluding carboxylic acids is 1. The summed E-state index contributed by atoms with van der Waals surface area (Å²) < 4.78 is 11.4. The molecule has 148 valence electrons. The Balaban J connectivity index is 1.20. The van der Waals surface area contributed by atoms with E-state index in [1.807, 2.05) is 36.1 Å². The summed E-state index contributed by atoms with van der Waals surface area (Å²) in [6.07, 6.45) is 1.46. The molecule has 0 saturated carbocycles. The van der Waals surface area contributed by atoms with Gasteiger partial charge in [0.1, 0.15) is 18.0 Å². The standard InChI is InChI=1S/C23H28N2O3/c1-18-4-2-3-5-21(18)27-15-9-23(26)25-12-10-24(11-13-25)17-19-6-7-22-20(16-19)8-14-28-22/h2-7,16H,8-15,17H2,1H3/p+1. The summed E-state index contributed by atoms with van der Waals surface area (Å²) in [5.74, 6) is 2.11. The van der Waals surface area contributed by atoms with Crippen LogP contribution in [0.2, 0.25) is 0 Å². The predicted octanol–water partition coefficient (Wildman–Crippen LogP) is 1.63. The van der Waals surface area contributed by atoms with Crippen LogP contribution in [-0.4, -0.2) is 50.2 Å². The van der Waals surface area contributed by atoms with Crippen LogP contribution < -0.4 is 14.4 Å². The summed E-state index contributed by atoms with van der Waals surface area (Å²) in [4.78, 5) is 16.0. The van der Waals surface area contributed by atoms with Gasteiger partial charge in [-0.25, -0.2) is 0 Å². The molecule has 0 unspecified atom stereocenters. The number of quaternary nitrogens is 1. The molecule has 2 aliphatic heterocycles. The predicted molar refractivity (Wildman–Crippen MR) is 108 cm³/mol. The lowest BCUT2D eigenvalue weighted by molar-refractivity contribution is -0.917. The molecule has 0 radical (unpaired) electrons. The molecule has 2 aliphatic rings. The van der Waals surface area contributed by atoms with Crippen molar-refractivity contribution in [1.29, 1.82) is 0 Å². The van der Waals surface area contributed by atoms with E-state index in [1.54, 1.807) is 4.90 Å². The van der Waals surface area contributed by atoms with E-state index < -0.39 is 0 Å². The van der Waals surface area contributed by atoms with Crippen LogP contribution in [0.1, 0.15) is 23.1 Å². The minimum atomic E-state index is 0.197. The minimum absolute atomic E-state index is 0.197. The highest BCUT2D eigenvalue weighted by atomic mass is 16.5. The highest BCUT2D eigenvalue weighted by Gasteiger charge is 2.24. The molecule has 0 aromatic heterocycles. The van der Waals surface area contributed by atoms with Gasteiger partial charge in [0, 0.05) is 12.0 Å². The van der Waals surface area contributed by atoms with Crippen molar-refractivity contribution in [2.45, 2.75) is 26.3 Å². The highest BCUT2D eigenvalue weighted by molar-refractivity contribution is 5.76. The van der Waals surface area contributed by atoms with Crippen LogP contribution in [0.25, 0.3) is 0 Å². The SMILES string of the molecule is Cc1ccccc1OCCC(=O)N1CC[NH+](Cc2ccc3c(c2)CCO3)CC1. The van der Waals surface area contributed by atoms with Gasteiger partial charge in [-0.2, -0.15) is 0 Å². The van der Waals surface area contributed by atoms with E-state index in [0.29, 0.717) is 13.0 Å². The second-order valence-electron chi connectivity index (χ2n) is 7.71. The lowest BCUT2D eigenvalue weighted by atomic mass is 10.1. The number of hydrogen-bond donors (Lipinski definition) is 1. The molecule has 1 saturated heterocycles. The van der Waals surface area contributed by atoms with Crippen LogP contribution >= 0.6 is 0 Å². The van der Waals surface area contributed by atoms with Gasteiger partial charge in [0.25, 0.3) is 0 Å². The molecule has 28 heavy (non-hydrogen) atoms. The van der Waals surface area contributed by atoms with E-state index in [2.05, 4.69) is 18.2 Å². The molecule has 5 nitrogen and oxygen atoms in total. The van der Waals surface area contributed by atoms with Crippen LogP contribution in [0.3, 0.4) is 0 Å². The Morgan fingerprint density at radius 3 is 2.82 bits per heavy atom. The Morgan fingerprint density at radius 1 is 1.18 bits per heavy atom. The van der Waals surface area contributed by atoms with Gasteiger partial charge < -0.3 is 19.3 Å². The Kier molecular flexibility index (Phi) is 5.81. The zero-order valence-electron chi connectivity index (χ0n) is 16.6. The van der Waals surface area contributed by atoms with Crippen molar-refractivity contribution in [3.8, 4) is 11.5 Å². The number of nitrogens with zero attached hydrogens (tertiary/aromatic N) is 1. The molecule has 0 atom stereocenters. The van der Waals surface area contributed by atoms with Gasteiger partial charge in [0.2, 0.25) is 5.91 Å². The van der Waals surface area contributed by atoms with Crippen molar-refractivity contribution >= 4 is 5.91 Å². The molecule has 2 heterocycles. The van der Waals surface area contributed by atoms with Crippen LogP contribution in [0.15, 0.2) is 42.5 Å². The fourth-order valence-corrected chi connectivity index (χ4v) is 4.01. The molecule has 4 rings (SSSR count). The lowest BCUT2D eigenvalue weighted by Crippen LogP contribution is -3.13. The first kappa shape index (κ1) is 18.8. The molecule has 5 heteroatoms. The van der Waals surface area contributed by atoms with Gasteiger partial charge in [0.05, 0.1) is 45.8 Å². The molecule has 1 N–H and O–H groups in total. The number of rotatable bonds is 6. The fraction of sp³-hybridized carbons (Fsp3) is 0.435. The maximum Gasteiger partial charge on any atom is 0.226 e. The van der Waals surface area contributed by atoms with E-state index in [4.69, 9.17) is 9.47 Å². The Labute approximate surface area is 166 Å². The van der Waals surface area contributed by atoms with Crippen molar-refractivity contribution in [1.82, 2.24) is 4.90 Å². The number of benzene rings is 2. The first-order chi connectivity index (χ1) is 13.7. The van der Waals surface area contributed by atoms with Crippen molar-refractivity contribution in [2.24, 2.45) is 0 Å². The third-order valence-corrected chi connectivity index (χ3v) is 5.70. The van der Waals surface area contributed by atoms with E-state index in [9.17, 15) is 4.79 Å². The summed E-state index contributed by atoms with van der Waals surface area (Å²) in [6.45, 7) is 7.93. The number of amides is 1. The largest absolute Gasteiger partial charge is 0.493 e. The summed E-state index contributed by atoms with van der Waals surface area (Å²) >= 11 is 0. The summed E-state index contributed by atoms with van der Waals surface area (Å²) in [5.41, 5.74) is 3.80. The number of piperazine rings is 1. The highest BCUT2D eigenvalue weighted by Crippen LogP contribution is 2.25. The maximum atomic E-state index is 12.5. The van der Waals surface area contributed by atoms with Crippen LogP contribution in [-0.2, 0) is 17.8 Å². The average Bonchev–Trinajstić information content (AvgIpc) is 3.18. The monoisotopic (exact) mass is 381 g/mol. The van der Waals surface area contributed by atoms with Gasteiger partial charge in [-0.05, 0) is 42.3 Å². The Morgan fingerprint density at radius 2 is 2.00 bits per heavy atom. The van der Waals surface area contributed by atoms with E-state index in [0.717, 1.165) is 62.8 Å². The van der Waals surface area contributed by atoms with Gasteiger partial charge in [-0.3, -0.25) is 4.79 Å². The number of ether oxygens (including phenoxy) is 2. The summed E-state index contributed by atoms with van der Waals surface area (Å²) in [7, 11) is 0. The van der Waals surface area contributed by atoms with Crippen molar-refractivity contribution in [3.63, 3.8) is 0 Å². The summed E-state index contributed by atoms with van der Waals surface area (Å²) in [5, 5.41) is 0. The summed E-state index contributed by atoms with van der Waals surface area (Å²) in [6, 6.07) is 14.5. The quantitative estimate of drug-likeness (QED) is 0.827. The number of aryl methyl sites for hydroxylation is 1. The van der Waals surface area contributed by atoms with Crippen LogP contribution in [0, 0.1) is 6.92 Å². The van der Waals surface area contributed by atoms with E-state index in [-0.39, 0.29) is 5.91 Å². The molecule has 2 aromatic carbocycles. The number of fused-ring (bicyclic) bond motifs is 1. The zero-order chi connectivity index (χ0) is 19.3. The Hall–Kier alpha value is -2.53. The fourth-order valence-electron chi connectivity index (χ4n) is 4.01. The molecule has 0 bridgehead atoms. The normalized spacial score (nSPS) is 16.5. The molecule has 0 spiro atoms. The lowest BCUT2D eigenvalue weighted by Gasteiger charge is -2.32. The molecule has 1 amide bonds. The topological polar surface area (TPSA) is 43.2 Å². The van der Waals surface area contributed by atoms with Crippen molar-refractivity contribution in [3.05, 3.63) is 59.2 Å². The maximum absolute atomic E-state index is 12.5. The molecule has 0 aliphatic carbocycles. The molecular weight excluding hydrogens is 352 g/mol. The van der Waals surface area contributed by atoms with Crippen molar-refractivity contribution < 1.29 is 19.2 Å². The zero-order valence-corrected chi connectivity index (χ0v) is 16.6. The second-order valence-corrected chi connectivity index (χ2v) is 7.71. The van der Waals surface area contributed by atoms with Crippen LogP contribution in [0.4, 0.5) is 0 Å². The second kappa shape index (κ2) is 8.65. The number of nitrogens with one attached hydrogen (secondary N) is 1. The van der Waals surface area contributed by atoms with Crippen LogP contribution in [0.5, 0.6) is 11.5 Å². The van der Waals surface area contributed by atoms with Gasteiger partial charge in [-0.15, -0.1) is 0 Å². The Bertz CT molecular complexity index is 828. The third-order valence-electron chi connectivity index (χ3n) is 5.70. The first-order valence-electron chi connectivity index (χ1n) is 10.2. The van der Waals surface area contributed by atoms with Gasteiger partial charge in [-0.1, -0.05) is 18.2 Å². The number of para-hydroxylation sites is 1. The van der Waals surface area contributed by atoms with E-state index in [1.165, 1.54) is 11.1 Å². The number of carbonyl (C=O) groups is 1. The van der Waals surface area contributed by atoms with Gasteiger partial charge in [0.15, 0.2) is 0 Å². The average molecular weight is 381 g/mol. The third kappa shape index (κ3) is 4.47. The van der Waals surface area contributed by atoms with Crippen molar-refractivity contribution in [2.75, 3.05) is 39.4 Å². The first-order valence-corrected chi connectivity index (χ1v) is 10.2. The van der Waals surface area contributed by atoms with E-state index >= 15 is 0 Å².